The summed E-state index contributed by atoms with van der Waals surface area (Å²) < 4.78 is 0. The van der Waals surface area contributed by atoms with E-state index in [9.17, 15) is 9.90 Å². The number of hydrogen-bond donors (Lipinski definition) is 2. The second kappa shape index (κ2) is 6.66. The minimum absolute atomic E-state index is 0.0339. The van der Waals surface area contributed by atoms with Crippen LogP contribution in [0.2, 0.25) is 5.02 Å². The van der Waals surface area contributed by atoms with Crippen molar-refractivity contribution in [1.82, 2.24) is 10.3 Å². The standard InChI is InChI=1S/C18H15ClN4O2S/c1-2-26-18-21-17(25)15-10-6-3-4-8-12(10)20-16(23(15)22-18)11-7-5-9-13(24)14(11)19/h3-9,16,24H,2H2,1H3,(H,21,22,25). The molecule has 0 radical (unpaired) electrons. The third-order valence-corrected chi connectivity index (χ3v) is 5.24. The van der Waals surface area contributed by atoms with Crippen LogP contribution in [0.1, 0.15) is 18.7 Å². The monoisotopic (exact) mass is 386 g/mol. The molecule has 2 aliphatic rings. The van der Waals surface area contributed by atoms with Crippen molar-refractivity contribution < 1.29 is 9.90 Å². The van der Waals surface area contributed by atoms with Crippen LogP contribution >= 0.6 is 23.4 Å². The summed E-state index contributed by atoms with van der Waals surface area (Å²) in [4.78, 5) is 17.5. The number of amides is 1. The van der Waals surface area contributed by atoms with Gasteiger partial charge in [0.1, 0.15) is 11.4 Å². The van der Waals surface area contributed by atoms with Crippen LogP contribution in [0.15, 0.2) is 52.6 Å². The average molecular weight is 387 g/mol. The fraction of sp³-hybridized carbons (Fsp3) is 0.167. The van der Waals surface area contributed by atoms with Gasteiger partial charge in [-0.25, -0.2) is 5.01 Å². The molecule has 0 bridgehead atoms. The molecule has 1 unspecified atom stereocenters. The predicted molar refractivity (Wildman–Crippen MR) is 102 cm³/mol. The summed E-state index contributed by atoms with van der Waals surface area (Å²) in [6.45, 7) is 1.98. The molecule has 2 aromatic rings. The van der Waals surface area contributed by atoms with Crippen molar-refractivity contribution in [3.8, 4) is 5.75 Å². The van der Waals surface area contributed by atoms with E-state index in [-0.39, 0.29) is 16.7 Å². The number of fused-ring (bicyclic) bond motifs is 2. The molecular formula is C18H15ClN4O2S. The van der Waals surface area contributed by atoms with Gasteiger partial charge in [-0.3, -0.25) is 15.1 Å². The second-order valence-corrected chi connectivity index (χ2v) is 7.32. The molecule has 4 rings (SSSR count). The Morgan fingerprint density at radius 2 is 2.08 bits per heavy atom. The molecular weight excluding hydrogens is 372 g/mol. The maximum Gasteiger partial charge on any atom is 0.276 e. The molecule has 1 atom stereocenters. The first-order valence-corrected chi connectivity index (χ1v) is 9.43. The summed E-state index contributed by atoms with van der Waals surface area (Å²) in [5, 5.41) is 21.1. The molecule has 2 aliphatic heterocycles. The molecule has 26 heavy (non-hydrogen) atoms. The quantitative estimate of drug-likeness (QED) is 0.827. The van der Waals surface area contributed by atoms with Gasteiger partial charge in [0.25, 0.3) is 5.91 Å². The Labute approximate surface area is 158 Å². The molecule has 132 valence electrons. The van der Waals surface area contributed by atoms with Crippen molar-refractivity contribution in [1.29, 1.82) is 0 Å². The third-order valence-electron chi connectivity index (χ3n) is 4.08. The summed E-state index contributed by atoms with van der Waals surface area (Å²) in [5.41, 5.74) is 0.999. The van der Waals surface area contributed by atoms with Crippen LogP contribution in [0.5, 0.6) is 5.75 Å². The van der Waals surface area contributed by atoms with Crippen LogP contribution in [0.4, 0.5) is 0 Å². The number of hydrazone groups is 1. The van der Waals surface area contributed by atoms with E-state index in [0.717, 1.165) is 5.75 Å². The Balaban J connectivity index is 1.98. The van der Waals surface area contributed by atoms with Crippen LogP contribution in [-0.4, -0.2) is 26.9 Å². The average Bonchev–Trinajstić information content (AvgIpc) is 2.63. The highest BCUT2D eigenvalue weighted by Gasteiger charge is 2.35. The topological polar surface area (TPSA) is 77.3 Å². The lowest BCUT2D eigenvalue weighted by Gasteiger charge is -2.34. The molecule has 1 amide bonds. The van der Waals surface area contributed by atoms with Gasteiger partial charge in [0.15, 0.2) is 11.3 Å². The SMILES string of the molecule is CCSC1=NN2C(=c3ccccc3=NC2c2cccc(O)c2Cl)C(=O)N1. The van der Waals surface area contributed by atoms with E-state index >= 15 is 0 Å². The zero-order chi connectivity index (χ0) is 18.3. The van der Waals surface area contributed by atoms with Gasteiger partial charge in [-0.05, 0) is 17.9 Å². The number of carbonyl (C=O) groups excluding carboxylic acids is 1. The molecule has 0 fully saturated rings. The van der Waals surface area contributed by atoms with Gasteiger partial charge in [0, 0.05) is 10.8 Å². The largest absolute Gasteiger partial charge is 0.506 e. The van der Waals surface area contributed by atoms with Crippen molar-refractivity contribution in [3.63, 3.8) is 0 Å². The molecule has 0 aromatic heterocycles. The Bertz CT molecular complexity index is 1050. The zero-order valence-corrected chi connectivity index (χ0v) is 15.4. The van der Waals surface area contributed by atoms with Crippen LogP contribution in [0.25, 0.3) is 5.70 Å². The fourth-order valence-corrected chi connectivity index (χ4v) is 3.78. The van der Waals surface area contributed by atoms with Gasteiger partial charge in [0.05, 0.1) is 10.4 Å². The van der Waals surface area contributed by atoms with Gasteiger partial charge in [0.2, 0.25) is 0 Å². The van der Waals surface area contributed by atoms with E-state index in [4.69, 9.17) is 16.6 Å². The molecule has 8 heteroatoms. The smallest absolute Gasteiger partial charge is 0.276 e. The van der Waals surface area contributed by atoms with E-state index < -0.39 is 6.17 Å². The molecule has 0 saturated heterocycles. The third kappa shape index (κ3) is 2.73. The number of phenolic OH excluding ortho intramolecular Hbond substituents is 1. The highest BCUT2D eigenvalue weighted by atomic mass is 35.5. The molecule has 2 heterocycles. The lowest BCUT2D eigenvalue weighted by molar-refractivity contribution is -0.116. The molecule has 2 aromatic carbocycles. The summed E-state index contributed by atoms with van der Waals surface area (Å²) >= 11 is 7.76. The zero-order valence-electron chi connectivity index (χ0n) is 13.8. The number of halogens is 1. The maximum absolute atomic E-state index is 12.8. The first-order chi connectivity index (χ1) is 12.6. The molecule has 0 saturated carbocycles. The Morgan fingerprint density at radius 3 is 2.88 bits per heavy atom. The number of thioether (sulfide) groups is 1. The molecule has 2 N–H and O–H groups in total. The fourth-order valence-electron chi connectivity index (χ4n) is 2.97. The number of rotatable bonds is 2. The summed E-state index contributed by atoms with van der Waals surface area (Å²) in [6.07, 6.45) is -0.641. The normalized spacial score (nSPS) is 18.5. The molecule has 6 nitrogen and oxygen atoms in total. The first-order valence-electron chi connectivity index (χ1n) is 8.06. The van der Waals surface area contributed by atoms with Crippen LogP contribution < -0.4 is 15.9 Å². The summed E-state index contributed by atoms with van der Waals surface area (Å²) in [5.74, 6) is 0.501. The van der Waals surface area contributed by atoms with Gasteiger partial charge < -0.3 is 5.11 Å². The van der Waals surface area contributed by atoms with E-state index in [1.165, 1.54) is 17.8 Å². The number of amidine groups is 1. The van der Waals surface area contributed by atoms with Crippen LogP contribution in [0, 0.1) is 0 Å². The number of phenols is 1. The van der Waals surface area contributed by atoms with Gasteiger partial charge >= 0.3 is 0 Å². The van der Waals surface area contributed by atoms with Gasteiger partial charge in [-0.15, -0.1) is 5.10 Å². The predicted octanol–water partition coefficient (Wildman–Crippen LogP) is 1.94. The number of aromatic hydroxyl groups is 1. The van der Waals surface area contributed by atoms with E-state index in [1.54, 1.807) is 17.1 Å². The Kier molecular flexibility index (Phi) is 4.34. The number of para-hydroxylation sites is 1. The minimum Gasteiger partial charge on any atom is -0.506 e. The van der Waals surface area contributed by atoms with E-state index in [1.807, 2.05) is 31.2 Å². The van der Waals surface area contributed by atoms with Crippen molar-refractivity contribution in [2.75, 3.05) is 5.75 Å². The number of hydrogen-bond acceptors (Lipinski definition) is 6. The summed E-state index contributed by atoms with van der Waals surface area (Å²) in [6, 6.07) is 12.4. The number of nitrogens with zero attached hydrogens (tertiary/aromatic N) is 3. The lowest BCUT2D eigenvalue weighted by Crippen LogP contribution is -2.50. The highest BCUT2D eigenvalue weighted by Crippen LogP contribution is 2.37. The van der Waals surface area contributed by atoms with Crippen LogP contribution in [0.3, 0.4) is 0 Å². The first kappa shape index (κ1) is 16.9. The maximum atomic E-state index is 12.8. The minimum atomic E-state index is -0.641. The Hall–Kier alpha value is -2.51. The second-order valence-electron chi connectivity index (χ2n) is 5.69. The van der Waals surface area contributed by atoms with Crippen molar-refractivity contribution in [2.45, 2.75) is 13.1 Å². The van der Waals surface area contributed by atoms with Crippen molar-refractivity contribution in [2.24, 2.45) is 10.1 Å². The van der Waals surface area contributed by atoms with Gasteiger partial charge in [-0.1, -0.05) is 60.6 Å². The number of nitrogens with one attached hydrogen (secondary N) is 1. The molecule has 0 aliphatic carbocycles. The van der Waals surface area contributed by atoms with E-state index in [0.29, 0.717) is 27.0 Å². The van der Waals surface area contributed by atoms with Crippen molar-refractivity contribution in [3.05, 3.63) is 63.6 Å². The molecule has 0 spiro atoms. The lowest BCUT2D eigenvalue weighted by atomic mass is 10.1. The van der Waals surface area contributed by atoms with E-state index in [2.05, 4.69) is 10.4 Å². The Morgan fingerprint density at radius 1 is 1.27 bits per heavy atom. The highest BCUT2D eigenvalue weighted by molar-refractivity contribution is 8.13. The summed E-state index contributed by atoms with van der Waals surface area (Å²) in [7, 11) is 0. The number of benzene rings is 2. The van der Waals surface area contributed by atoms with Crippen molar-refractivity contribution >= 4 is 40.1 Å². The van der Waals surface area contributed by atoms with Crippen LogP contribution in [-0.2, 0) is 4.79 Å². The number of carbonyl (C=O) groups is 1. The van der Waals surface area contributed by atoms with Gasteiger partial charge in [-0.2, -0.15) is 0 Å².